The van der Waals surface area contributed by atoms with Gasteiger partial charge in [-0.05, 0) is 12.8 Å². The van der Waals surface area contributed by atoms with E-state index in [1.54, 1.807) is 12.4 Å². The van der Waals surface area contributed by atoms with E-state index in [-0.39, 0.29) is 0 Å². The van der Waals surface area contributed by atoms with Crippen LogP contribution in [0.25, 0.3) is 12.4 Å². The maximum Gasteiger partial charge on any atom is 0.112 e. The summed E-state index contributed by atoms with van der Waals surface area (Å²) >= 11 is 0. The topological polar surface area (TPSA) is 35.6 Å². The highest BCUT2D eigenvalue weighted by Crippen LogP contribution is 2.10. The van der Waals surface area contributed by atoms with Crippen molar-refractivity contribution < 1.29 is 0 Å². The van der Waals surface area contributed by atoms with E-state index in [2.05, 4.69) is 23.1 Å². The van der Waals surface area contributed by atoms with Crippen LogP contribution in [0.2, 0.25) is 0 Å². The summed E-state index contributed by atoms with van der Waals surface area (Å²) < 4.78 is 3.97. The average Bonchev–Trinajstić information content (AvgIpc) is 3.10. The molecule has 0 N–H and O–H groups in total. The molecule has 0 aliphatic rings. The van der Waals surface area contributed by atoms with E-state index >= 15 is 0 Å². The number of imidazole rings is 2. The maximum absolute atomic E-state index is 4.34. The lowest BCUT2D eigenvalue weighted by Gasteiger charge is -2.04. The first kappa shape index (κ1) is 14.3. The van der Waals surface area contributed by atoms with Gasteiger partial charge in [-0.25, -0.2) is 9.97 Å². The lowest BCUT2D eigenvalue weighted by atomic mass is 10.1. The molecule has 2 rings (SSSR count). The molecule has 2 aromatic rings. The first-order valence-electron chi connectivity index (χ1n) is 7.13. The molecular weight excluding hydrogens is 248 g/mol. The monoisotopic (exact) mass is 270 g/mol. The Labute approximate surface area is 120 Å². The van der Waals surface area contributed by atoms with Crippen LogP contribution in [0.15, 0.2) is 37.9 Å². The van der Waals surface area contributed by atoms with Crippen molar-refractivity contribution in [3.05, 3.63) is 49.6 Å². The van der Waals surface area contributed by atoms with Crippen molar-refractivity contribution in [1.29, 1.82) is 0 Å². The number of aromatic nitrogens is 4. The second-order valence-corrected chi connectivity index (χ2v) is 4.78. The zero-order chi connectivity index (χ0) is 14.2. The predicted molar refractivity (Wildman–Crippen MR) is 83.1 cm³/mol. The molecular formula is C16H22N4. The van der Waals surface area contributed by atoms with Gasteiger partial charge in [-0.1, -0.05) is 26.0 Å². The molecule has 2 heterocycles. The second kappa shape index (κ2) is 7.48. The smallest absolute Gasteiger partial charge is 0.112 e. The number of unbranched alkanes of at least 4 members (excludes halogenated alkanes) is 3. The van der Waals surface area contributed by atoms with Gasteiger partial charge in [0.25, 0.3) is 0 Å². The molecule has 106 valence electrons. The summed E-state index contributed by atoms with van der Waals surface area (Å²) in [6.07, 6.45) is 17.9. The maximum atomic E-state index is 4.34. The molecule has 0 spiro atoms. The fourth-order valence-electron chi connectivity index (χ4n) is 2.33. The van der Waals surface area contributed by atoms with Crippen LogP contribution in [-0.4, -0.2) is 19.1 Å². The Morgan fingerprint density at radius 2 is 1.25 bits per heavy atom. The van der Waals surface area contributed by atoms with Crippen molar-refractivity contribution in [2.75, 3.05) is 0 Å². The van der Waals surface area contributed by atoms with Crippen molar-refractivity contribution in [1.82, 2.24) is 19.1 Å². The summed E-state index contributed by atoms with van der Waals surface area (Å²) in [5, 5.41) is 0. The number of nitrogens with zero attached hydrogens (tertiary/aromatic N) is 4. The van der Waals surface area contributed by atoms with Gasteiger partial charge in [0, 0.05) is 50.0 Å². The molecule has 0 unspecified atom stereocenters. The van der Waals surface area contributed by atoms with Crippen LogP contribution in [0.5, 0.6) is 0 Å². The Balaban J connectivity index is 1.62. The number of rotatable bonds is 9. The zero-order valence-corrected chi connectivity index (χ0v) is 11.9. The van der Waals surface area contributed by atoms with Gasteiger partial charge in [-0.15, -0.1) is 0 Å². The standard InChI is InChI=1S/C16H22N4/c1-3-19-13-11-17-15(19)9-7-5-6-8-10-16-18-12-14-20(16)4-2/h3-4,11-14H,1-2,5-10H2. The highest BCUT2D eigenvalue weighted by atomic mass is 15.0. The van der Waals surface area contributed by atoms with E-state index in [0.29, 0.717) is 0 Å². The quantitative estimate of drug-likeness (QED) is 0.652. The summed E-state index contributed by atoms with van der Waals surface area (Å²) in [6.45, 7) is 7.54. The van der Waals surface area contributed by atoms with Crippen molar-refractivity contribution in [2.45, 2.75) is 38.5 Å². The molecule has 4 heteroatoms. The fraction of sp³-hybridized carbons (Fsp3) is 0.375. The third-order valence-corrected chi connectivity index (χ3v) is 3.44. The number of hydrogen-bond donors (Lipinski definition) is 0. The molecule has 0 aromatic carbocycles. The molecule has 0 aliphatic heterocycles. The summed E-state index contributed by atoms with van der Waals surface area (Å²) in [5.41, 5.74) is 0. The van der Waals surface area contributed by atoms with Gasteiger partial charge in [0.15, 0.2) is 0 Å². The summed E-state index contributed by atoms with van der Waals surface area (Å²) in [4.78, 5) is 8.67. The minimum Gasteiger partial charge on any atom is -0.311 e. The predicted octanol–water partition coefficient (Wildman–Crippen LogP) is 3.63. The molecule has 0 bridgehead atoms. The molecule has 0 amide bonds. The third kappa shape index (κ3) is 3.70. The van der Waals surface area contributed by atoms with Crippen molar-refractivity contribution in [2.24, 2.45) is 0 Å². The van der Waals surface area contributed by atoms with Crippen LogP contribution in [0.4, 0.5) is 0 Å². The fourth-order valence-corrected chi connectivity index (χ4v) is 2.33. The Morgan fingerprint density at radius 3 is 1.65 bits per heavy atom. The normalized spacial score (nSPS) is 10.6. The largest absolute Gasteiger partial charge is 0.311 e. The summed E-state index contributed by atoms with van der Waals surface area (Å²) in [5.74, 6) is 2.20. The molecule has 2 aromatic heterocycles. The SMILES string of the molecule is C=Cn1ccnc1CCCCCCc1nccn1C=C. The van der Waals surface area contributed by atoms with Gasteiger partial charge < -0.3 is 9.13 Å². The van der Waals surface area contributed by atoms with Crippen LogP contribution in [0, 0.1) is 0 Å². The van der Waals surface area contributed by atoms with E-state index in [1.165, 1.54) is 25.7 Å². The van der Waals surface area contributed by atoms with Crippen LogP contribution in [0.3, 0.4) is 0 Å². The molecule has 4 nitrogen and oxygen atoms in total. The minimum atomic E-state index is 1.01. The summed E-state index contributed by atoms with van der Waals surface area (Å²) in [7, 11) is 0. The highest BCUT2D eigenvalue weighted by Gasteiger charge is 2.02. The van der Waals surface area contributed by atoms with Crippen LogP contribution >= 0.6 is 0 Å². The lowest BCUT2D eigenvalue weighted by Crippen LogP contribution is -1.97. The van der Waals surface area contributed by atoms with E-state index in [1.807, 2.05) is 33.9 Å². The molecule has 0 saturated heterocycles. The van der Waals surface area contributed by atoms with Crippen LogP contribution in [0.1, 0.15) is 37.3 Å². The molecule has 0 atom stereocenters. The Kier molecular flexibility index (Phi) is 5.35. The van der Waals surface area contributed by atoms with Crippen molar-refractivity contribution in [3.63, 3.8) is 0 Å². The second-order valence-electron chi connectivity index (χ2n) is 4.78. The molecule has 0 fully saturated rings. The van der Waals surface area contributed by atoms with E-state index in [0.717, 1.165) is 24.5 Å². The molecule has 0 radical (unpaired) electrons. The number of aryl methyl sites for hydroxylation is 2. The first-order valence-corrected chi connectivity index (χ1v) is 7.13. The van der Waals surface area contributed by atoms with Crippen LogP contribution < -0.4 is 0 Å². The van der Waals surface area contributed by atoms with E-state index < -0.39 is 0 Å². The van der Waals surface area contributed by atoms with Gasteiger partial charge in [-0.2, -0.15) is 0 Å². The lowest BCUT2D eigenvalue weighted by molar-refractivity contribution is 0.618. The van der Waals surface area contributed by atoms with Gasteiger partial charge in [-0.3, -0.25) is 0 Å². The van der Waals surface area contributed by atoms with E-state index in [4.69, 9.17) is 0 Å². The Morgan fingerprint density at radius 1 is 0.800 bits per heavy atom. The zero-order valence-electron chi connectivity index (χ0n) is 11.9. The van der Waals surface area contributed by atoms with Gasteiger partial charge >= 0.3 is 0 Å². The van der Waals surface area contributed by atoms with E-state index in [9.17, 15) is 0 Å². The number of hydrogen-bond acceptors (Lipinski definition) is 2. The molecule has 0 aliphatic carbocycles. The van der Waals surface area contributed by atoms with Crippen molar-refractivity contribution in [3.8, 4) is 0 Å². The molecule has 20 heavy (non-hydrogen) atoms. The average molecular weight is 270 g/mol. The van der Waals surface area contributed by atoms with Gasteiger partial charge in [0.2, 0.25) is 0 Å². The Bertz CT molecular complexity index is 500. The summed E-state index contributed by atoms with van der Waals surface area (Å²) in [6, 6.07) is 0. The van der Waals surface area contributed by atoms with Gasteiger partial charge in [0.05, 0.1) is 0 Å². The van der Waals surface area contributed by atoms with Gasteiger partial charge in [0.1, 0.15) is 11.6 Å². The molecule has 0 saturated carbocycles. The first-order chi connectivity index (χ1) is 9.85. The van der Waals surface area contributed by atoms with Crippen molar-refractivity contribution >= 4 is 12.4 Å². The van der Waals surface area contributed by atoms with Crippen LogP contribution in [-0.2, 0) is 12.8 Å². The minimum absolute atomic E-state index is 1.01. The third-order valence-electron chi connectivity index (χ3n) is 3.44. The Hall–Kier alpha value is -2.10. The highest BCUT2D eigenvalue weighted by molar-refractivity contribution is 5.20.